The zero-order valence-corrected chi connectivity index (χ0v) is 12.4. The minimum Gasteiger partial charge on any atom is -0.492 e. The predicted octanol–water partition coefficient (Wildman–Crippen LogP) is 3.30. The first-order valence-electron chi connectivity index (χ1n) is 6.83. The van der Waals surface area contributed by atoms with Crippen LogP contribution < -0.4 is 10.1 Å². The van der Waals surface area contributed by atoms with Gasteiger partial charge in [0.15, 0.2) is 0 Å². The molecule has 0 aliphatic carbocycles. The Hall–Kier alpha value is -3.16. The maximum Gasteiger partial charge on any atom is 0.299 e. The van der Waals surface area contributed by atoms with Gasteiger partial charge in [-0.25, -0.2) is 0 Å². The van der Waals surface area contributed by atoms with Gasteiger partial charge in [0.05, 0.1) is 15.9 Å². The van der Waals surface area contributed by atoms with E-state index in [2.05, 4.69) is 5.32 Å². The van der Waals surface area contributed by atoms with Gasteiger partial charge in [0.1, 0.15) is 18.0 Å². The molecular weight excluding hydrogens is 302 g/mol. The molecule has 0 saturated heterocycles. The minimum atomic E-state index is -0.669. The van der Waals surface area contributed by atoms with Gasteiger partial charge in [-0.05, 0) is 25.1 Å². The van der Waals surface area contributed by atoms with Crippen LogP contribution in [0.25, 0.3) is 0 Å². The van der Waals surface area contributed by atoms with E-state index in [1.54, 1.807) is 0 Å². The average molecular weight is 317 g/mol. The number of hydrogen-bond donors (Lipinski definition) is 1. The molecule has 2 aromatic carbocycles. The standard InChI is InChI=1S/C15H15N3O5/c1-11-2-5-13(6-3-11)23-9-8-16-14-7-4-12(17(19)20)10-15(14)18(21)22/h2-7,10,16H,8-9H2,1H3. The van der Waals surface area contributed by atoms with Crippen molar-refractivity contribution in [3.8, 4) is 5.75 Å². The third kappa shape index (κ3) is 4.40. The summed E-state index contributed by atoms with van der Waals surface area (Å²) < 4.78 is 5.50. The van der Waals surface area contributed by atoms with Crippen LogP contribution in [0, 0.1) is 27.2 Å². The van der Waals surface area contributed by atoms with Gasteiger partial charge in [0, 0.05) is 12.6 Å². The summed E-state index contributed by atoms with van der Waals surface area (Å²) in [6.45, 7) is 2.60. The zero-order chi connectivity index (χ0) is 16.8. The molecule has 0 aliphatic rings. The lowest BCUT2D eigenvalue weighted by Crippen LogP contribution is -2.12. The van der Waals surface area contributed by atoms with Crippen LogP contribution in [0.1, 0.15) is 5.56 Å². The molecule has 1 N–H and O–H groups in total. The molecule has 8 heteroatoms. The summed E-state index contributed by atoms with van der Waals surface area (Å²) in [5.74, 6) is 0.704. The van der Waals surface area contributed by atoms with Crippen molar-refractivity contribution >= 4 is 17.1 Å². The van der Waals surface area contributed by atoms with E-state index in [9.17, 15) is 20.2 Å². The Morgan fingerprint density at radius 1 is 1.04 bits per heavy atom. The van der Waals surface area contributed by atoms with Crippen LogP contribution in [0.5, 0.6) is 5.75 Å². The van der Waals surface area contributed by atoms with E-state index >= 15 is 0 Å². The van der Waals surface area contributed by atoms with Crippen LogP contribution in [0.2, 0.25) is 0 Å². The first kappa shape index (κ1) is 16.2. The molecule has 0 bridgehead atoms. The number of nitrogens with zero attached hydrogens (tertiary/aromatic N) is 2. The van der Waals surface area contributed by atoms with Gasteiger partial charge in [-0.1, -0.05) is 17.7 Å². The van der Waals surface area contributed by atoms with E-state index in [0.29, 0.717) is 18.9 Å². The van der Waals surface area contributed by atoms with Crippen molar-refractivity contribution in [2.45, 2.75) is 6.92 Å². The van der Waals surface area contributed by atoms with Crippen LogP contribution >= 0.6 is 0 Å². The smallest absolute Gasteiger partial charge is 0.299 e. The van der Waals surface area contributed by atoms with E-state index < -0.39 is 9.85 Å². The third-order valence-electron chi connectivity index (χ3n) is 3.10. The molecule has 120 valence electrons. The maximum atomic E-state index is 11.0. The van der Waals surface area contributed by atoms with Crippen LogP contribution in [0.3, 0.4) is 0 Å². The summed E-state index contributed by atoms with van der Waals surface area (Å²) in [4.78, 5) is 20.3. The maximum absolute atomic E-state index is 11.0. The molecule has 0 amide bonds. The van der Waals surface area contributed by atoms with Gasteiger partial charge in [0.25, 0.3) is 11.4 Å². The number of aryl methyl sites for hydroxylation is 1. The molecule has 2 rings (SSSR count). The molecule has 0 fully saturated rings. The highest BCUT2D eigenvalue weighted by Gasteiger charge is 2.18. The summed E-state index contributed by atoms with van der Waals surface area (Å²) in [6.07, 6.45) is 0. The van der Waals surface area contributed by atoms with Crippen LogP contribution in [-0.2, 0) is 0 Å². The topological polar surface area (TPSA) is 108 Å². The molecule has 0 aliphatic heterocycles. The van der Waals surface area contributed by atoms with Gasteiger partial charge in [-0.15, -0.1) is 0 Å². The lowest BCUT2D eigenvalue weighted by atomic mass is 10.2. The van der Waals surface area contributed by atoms with E-state index in [-0.39, 0.29) is 17.1 Å². The molecule has 23 heavy (non-hydrogen) atoms. The van der Waals surface area contributed by atoms with Gasteiger partial charge < -0.3 is 10.1 Å². The Kier molecular flexibility index (Phi) is 5.08. The molecule has 8 nitrogen and oxygen atoms in total. The fourth-order valence-electron chi connectivity index (χ4n) is 1.92. The SMILES string of the molecule is Cc1ccc(OCCNc2ccc([N+](=O)[O-])cc2[N+](=O)[O-])cc1. The van der Waals surface area contributed by atoms with Crippen molar-refractivity contribution in [3.63, 3.8) is 0 Å². The molecule has 0 radical (unpaired) electrons. The quantitative estimate of drug-likeness (QED) is 0.477. The molecular formula is C15H15N3O5. The number of ether oxygens (including phenoxy) is 1. The minimum absolute atomic E-state index is 0.216. The molecule has 0 unspecified atom stereocenters. The van der Waals surface area contributed by atoms with Gasteiger partial charge in [-0.2, -0.15) is 0 Å². The van der Waals surface area contributed by atoms with Crippen LogP contribution in [0.15, 0.2) is 42.5 Å². The van der Waals surface area contributed by atoms with Gasteiger partial charge in [0.2, 0.25) is 0 Å². The number of non-ortho nitro benzene ring substituents is 1. The van der Waals surface area contributed by atoms with Crippen LogP contribution in [0.4, 0.5) is 17.1 Å². The Balaban J connectivity index is 1.96. The Morgan fingerprint density at radius 3 is 2.35 bits per heavy atom. The Morgan fingerprint density at radius 2 is 1.74 bits per heavy atom. The Bertz CT molecular complexity index is 716. The van der Waals surface area contributed by atoms with Crippen molar-refractivity contribution in [1.82, 2.24) is 0 Å². The van der Waals surface area contributed by atoms with Crippen molar-refractivity contribution in [2.24, 2.45) is 0 Å². The zero-order valence-electron chi connectivity index (χ0n) is 12.4. The number of anilines is 1. The van der Waals surface area contributed by atoms with Crippen molar-refractivity contribution < 1.29 is 14.6 Å². The molecule has 0 aromatic heterocycles. The summed E-state index contributed by atoms with van der Waals surface area (Å²) in [5, 5.41) is 24.5. The van der Waals surface area contributed by atoms with Crippen molar-refractivity contribution in [2.75, 3.05) is 18.5 Å². The molecule has 2 aromatic rings. The number of nitro groups is 2. The normalized spacial score (nSPS) is 10.1. The lowest BCUT2D eigenvalue weighted by molar-refractivity contribution is -0.393. The van der Waals surface area contributed by atoms with E-state index in [4.69, 9.17) is 4.74 Å². The largest absolute Gasteiger partial charge is 0.492 e. The van der Waals surface area contributed by atoms with Crippen molar-refractivity contribution in [1.29, 1.82) is 0 Å². The molecule has 0 heterocycles. The van der Waals surface area contributed by atoms with E-state index in [1.807, 2.05) is 31.2 Å². The first-order chi connectivity index (χ1) is 11.0. The highest BCUT2D eigenvalue weighted by atomic mass is 16.6. The number of nitro benzene ring substituents is 2. The second-order valence-electron chi connectivity index (χ2n) is 4.80. The lowest BCUT2D eigenvalue weighted by Gasteiger charge is -2.09. The summed E-state index contributed by atoms with van der Waals surface area (Å²) >= 11 is 0. The van der Waals surface area contributed by atoms with E-state index in [1.165, 1.54) is 12.1 Å². The number of rotatable bonds is 7. The van der Waals surface area contributed by atoms with Gasteiger partial charge >= 0.3 is 0 Å². The second-order valence-corrected chi connectivity index (χ2v) is 4.80. The number of hydrogen-bond acceptors (Lipinski definition) is 6. The van der Waals surface area contributed by atoms with E-state index in [0.717, 1.165) is 11.6 Å². The highest BCUT2D eigenvalue weighted by molar-refractivity contribution is 5.65. The third-order valence-corrected chi connectivity index (χ3v) is 3.10. The molecule has 0 atom stereocenters. The summed E-state index contributed by atoms with van der Waals surface area (Å²) in [7, 11) is 0. The second kappa shape index (κ2) is 7.21. The predicted molar refractivity (Wildman–Crippen MR) is 84.9 cm³/mol. The molecule has 0 spiro atoms. The van der Waals surface area contributed by atoms with Crippen molar-refractivity contribution in [3.05, 3.63) is 68.3 Å². The fraction of sp³-hybridized carbons (Fsp3) is 0.200. The van der Waals surface area contributed by atoms with Gasteiger partial charge in [-0.3, -0.25) is 20.2 Å². The number of nitrogens with one attached hydrogen (secondary N) is 1. The highest BCUT2D eigenvalue weighted by Crippen LogP contribution is 2.28. The number of benzene rings is 2. The average Bonchev–Trinajstić information content (AvgIpc) is 2.53. The monoisotopic (exact) mass is 317 g/mol. The van der Waals surface area contributed by atoms with Crippen LogP contribution in [-0.4, -0.2) is 23.0 Å². The molecule has 0 saturated carbocycles. The fourth-order valence-corrected chi connectivity index (χ4v) is 1.92. The summed E-state index contributed by atoms with van der Waals surface area (Å²) in [6, 6.07) is 11.0. The first-order valence-corrected chi connectivity index (χ1v) is 6.83. The summed E-state index contributed by atoms with van der Waals surface area (Å²) in [5.41, 5.74) is 0.678. The Labute approximate surface area is 132 Å².